The molecule has 21 heavy (non-hydrogen) atoms. The van der Waals surface area contributed by atoms with Crippen LogP contribution in [0.4, 0.5) is 0 Å². The number of hydrogen-bond acceptors (Lipinski definition) is 4. The summed E-state index contributed by atoms with van der Waals surface area (Å²) in [6, 6.07) is 1.49. The Balaban J connectivity index is 2.05. The van der Waals surface area contributed by atoms with Crippen LogP contribution in [0.2, 0.25) is 0 Å². The van der Waals surface area contributed by atoms with E-state index in [-0.39, 0.29) is 17.0 Å². The van der Waals surface area contributed by atoms with E-state index in [4.69, 9.17) is 5.73 Å². The molecule has 0 atom stereocenters. The summed E-state index contributed by atoms with van der Waals surface area (Å²) in [5.74, 6) is -0.514. The summed E-state index contributed by atoms with van der Waals surface area (Å²) in [7, 11) is 0. The third-order valence-corrected chi connectivity index (χ3v) is 3.90. The van der Waals surface area contributed by atoms with Gasteiger partial charge in [0.05, 0.1) is 11.9 Å². The molecule has 8 nitrogen and oxygen atoms in total. The molecule has 0 radical (unpaired) electrons. The minimum Gasteiger partial charge on any atom is -0.365 e. The van der Waals surface area contributed by atoms with Gasteiger partial charge in [0.15, 0.2) is 0 Å². The second-order valence-corrected chi connectivity index (χ2v) is 5.16. The molecule has 3 rings (SSSR count). The second kappa shape index (κ2) is 5.04. The van der Waals surface area contributed by atoms with Crippen molar-refractivity contribution in [3.63, 3.8) is 0 Å². The zero-order valence-corrected chi connectivity index (χ0v) is 11.3. The van der Waals surface area contributed by atoms with Gasteiger partial charge >= 0.3 is 0 Å². The van der Waals surface area contributed by atoms with Crippen molar-refractivity contribution >= 4 is 18.0 Å². The molecule has 3 N–H and O–H groups in total. The van der Waals surface area contributed by atoms with Crippen LogP contribution in [-0.2, 0) is 4.79 Å². The van der Waals surface area contributed by atoms with Crippen molar-refractivity contribution in [3.05, 3.63) is 33.9 Å². The van der Waals surface area contributed by atoms with E-state index in [0.29, 0.717) is 18.7 Å². The van der Waals surface area contributed by atoms with Crippen LogP contribution in [0, 0.1) is 0 Å². The molecule has 0 saturated carbocycles. The lowest BCUT2D eigenvalue weighted by Gasteiger charge is -2.29. The first-order chi connectivity index (χ1) is 10.1. The van der Waals surface area contributed by atoms with Crippen molar-refractivity contribution in [2.45, 2.75) is 18.8 Å². The number of nitrogens with zero attached hydrogens (tertiary/aromatic N) is 3. The molecule has 1 saturated heterocycles. The van der Waals surface area contributed by atoms with Gasteiger partial charge in [0.2, 0.25) is 6.41 Å². The predicted octanol–water partition coefficient (Wildman–Crippen LogP) is -0.543. The fourth-order valence-electron chi connectivity index (χ4n) is 2.78. The van der Waals surface area contributed by atoms with Crippen LogP contribution < -0.4 is 11.3 Å². The lowest BCUT2D eigenvalue weighted by molar-refractivity contribution is -0.119. The van der Waals surface area contributed by atoms with E-state index in [9.17, 15) is 14.4 Å². The molecular weight excluding hydrogens is 274 g/mol. The molecule has 2 amide bonds. The predicted molar refractivity (Wildman–Crippen MR) is 73.9 cm³/mol. The molecule has 3 heterocycles. The Morgan fingerprint density at radius 3 is 2.76 bits per heavy atom. The standard InChI is InChI=1S/C13H15N5O3/c14-12(21)9-6-15-18-10(5-11(20)16-13(9)18)8-1-3-17(7-19)4-2-8/h5-8H,1-4H2,(H2,14,21)(H,16,20). The van der Waals surface area contributed by atoms with Crippen LogP contribution in [0.1, 0.15) is 34.8 Å². The number of hydrogen-bond donors (Lipinski definition) is 2. The number of nitrogens with one attached hydrogen (secondary N) is 1. The minimum absolute atomic E-state index is 0.117. The van der Waals surface area contributed by atoms with Gasteiger partial charge in [-0.3, -0.25) is 14.4 Å². The zero-order valence-electron chi connectivity index (χ0n) is 11.3. The van der Waals surface area contributed by atoms with E-state index in [1.807, 2.05) is 0 Å². The molecule has 0 unspecified atom stereocenters. The largest absolute Gasteiger partial charge is 0.365 e. The van der Waals surface area contributed by atoms with Crippen LogP contribution >= 0.6 is 0 Å². The molecule has 0 aromatic carbocycles. The number of carbonyl (C=O) groups excluding carboxylic acids is 2. The number of fused-ring (bicyclic) bond motifs is 1. The first kappa shape index (κ1) is 13.3. The van der Waals surface area contributed by atoms with Crippen molar-refractivity contribution in [3.8, 4) is 0 Å². The zero-order chi connectivity index (χ0) is 15.0. The van der Waals surface area contributed by atoms with Crippen molar-refractivity contribution in [2.24, 2.45) is 5.73 Å². The summed E-state index contributed by atoms with van der Waals surface area (Å²) in [6.45, 7) is 1.29. The molecule has 1 fully saturated rings. The van der Waals surface area contributed by atoms with E-state index in [0.717, 1.165) is 24.9 Å². The maximum absolute atomic E-state index is 11.8. The van der Waals surface area contributed by atoms with Crippen molar-refractivity contribution < 1.29 is 9.59 Å². The number of primary amides is 1. The number of H-pyrrole nitrogens is 1. The average Bonchev–Trinajstić information content (AvgIpc) is 2.90. The fourth-order valence-corrected chi connectivity index (χ4v) is 2.78. The first-order valence-corrected chi connectivity index (χ1v) is 6.70. The molecule has 2 aromatic heterocycles. The molecule has 8 heteroatoms. The van der Waals surface area contributed by atoms with Crippen molar-refractivity contribution in [2.75, 3.05) is 13.1 Å². The van der Waals surface area contributed by atoms with E-state index in [1.54, 1.807) is 9.42 Å². The summed E-state index contributed by atoms with van der Waals surface area (Å²) in [5, 5.41) is 4.16. The highest BCUT2D eigenvalue weighted by atomic mass is 16.1. The van der Waals surface area contributed by atoms with Crippen LogP contribution in [0.5, 0.6) is 0 Å². The molecular formula is C13H15N5O3. The minimum atomic E-state index is -0.631. The molecule has 2 aromatic rings. The Morgan fingerprint density at radius 2 is 2.14 bits per heavy atom. The van der Waals surface area contributed by atoms with Crippen LogP contribution in [0.15, 0.2) is 17.1 Å². The normalized spacial score (nSPS) is 16.3. The topological polar surface area (TPSA) is 114 Å². The number of carbonyl (C=O) groups is 2. The summed E-state index contributed by atoms with van der Waals surface area (Å²) in [4.78, 5) is 38.2. The number of rotatable bonds is 3. The molecule has 1 aliphatic rings. The number of aromatic nitrogens is 3. The number of amides is 2. The van der Waals surface area contributed by atoms with Gasteiger partial charge in [-0.2, -0.15) is 5.10 Å². The molecule has 0 aliphatic carbocycles. The van der Waals surface area contributed by atoms with E-state index in [2.05, 4.69) is 10.1 Å². The number of aromatic amines is 1. The number of nitrogens with two attached hydrogens (primary N) is 1. The fraction of sp³-hybridized carbons (Fsp3) is 0.385. The Kier molecular flexibility index (Phi) is 3.20. The smallest absolute Gasteiger partial charge is 0.254 e. The van der Waals surface area contributed by atoms with E-state index >= 15 is 0 Å². The van der Waals surface area contributed by atoms with Crippen LogP contribution in [0.25, 0.3) is 5.65 Å². The Bertz CT molecular complexity index is 755. The van der Waals surface area contributed by atoms with Crippen LogP contribution in [0.3, 0.4) is 0 Å². The Hall–Kier alpha value is -2.64. The lowest BCUT2D eigenvalue weighted by atomic mass is 9.93. The highest BCUT2D eigenvalue weighted by molar-refractivity contribution is 5.98. The molecule has 0 bridgehead atoms. The SMILES string of the molecule is NC(=O)c1cnn2c(C3CCN(C=O)CC3)cc(=O)[nH]c12. The van der Waals surface area contributed by atoms with Gasteiger partial charge in [0.25, 0.3) is 11.5 Å². The summed E-state index contributed by atoms with van der Waals surface area (Å²) in [6.07, 6.45) is 3.70. The summed E-state index contributed by atoms with van der Waals surface area (Å²) in [5.41, 5.74) is 6.24. The van der Waals surface area contributed by atoms with Crippen molar-refractivity contribution in [1.29, 1.82) is 0 Å². The van der Waals surface area contributed by atoms with E-state index < -0.39 is 5.91 Å². The second-order valence-electron chi connectivity index (χ2n) is 5.16. The number of piperidine rings is 1. The van der Waals surface area contributed by atoms with Crippen LogP contribution in [-0.4, -0.2) is 44.9 Å². The van der Waals surface area contributed by atoms with Gasteiger partial charge in [0.1, 0.15) is 11.2 Å². The highest BCUT2D eigenvalue weighted by Crippen LogP contribution is 2.27. The third-order valence-electron chi connectivity index (χ3n) is 3.90. The molecule has 1 aliphatic heterocycles. The van der Waals surface area contributed by atoms with Gasteiger partial charge in [0, 0.05) is 25.1 Å². The molecule has 110 valence electrons. The maximum atomic E-state index is 11.8. The summed E-state index contributed by atoms with van der Waals surface area (Å²) < 4.78 is 1.56. The Morgan fingerprint density at radius 1 is 1.43 bits per heavy atom. The lowest BCUT2D eigenvalue weighted by Crippen LogP contribution is -2.32. The van der Waals surface area contributed by atoms with Gasteiger partial charge in [-0.25, -0.2) is 4.52 Å². The average molecular weight is 289 g/mol. The first-order valence-electron chi connectivity index (χ1n) is 6.70. The van der Waals surface area contributed by atoms with Gasteiger partial charge in [-0.15, -0.1) is 0 Å². The van der Waals surface area contributed by atoms with E-state index in [1.165, 1.54) is 12.3 Å². The van der Waals surface area contributed by atoms with Gasteiger partial charge in [-0.1, -0.05) is 0 Å². The van der Waals surface area contributed by atoms with Gasteiger partial charge in [-0.05, 0) is 12.8 Å². The molecule has 0 spiro atoms. The monoisotopic (exact) mass is 289 g/mol. The Labute approximate surface area is 119 Å². The highest BCUT2D eigenvalue weighted by Gasteiger charge is 2.24. The van der Waals surface area contributed by atoms with Gasteiger partial charge < -0.3 is 15.6 Å². The number of likely N-dealkylation sites (tertiary alicyclic amines) is 1. The van der Waals surface area contributed by atoms with Crippen molar-refractivity contribution in [1.82, 2.24) is 19.5 Å². The third kappa shape index (κ3) is 2.28. The quantitative estimate of drug-likeness (QED) is 0.738. The maximum Gasteiger partial charge on any atom is 0.254 e. The summed E-state index contributed by atoms with van der Waals surface area (Å²) >= 11 is 0.